The van der Waals surface area contributed by atoms with Crippen molar-refractivity contribution >= 4 is 28.4 Å². The molecule has 5 rings (SSSR count). The van der Waals surface area contributed by atoms with Crippen LogP contribution in [0.5, 0.6) is 5.75 Å². The maximum absolute atomic E-state index is 13.2. The fraction of sp³-hybridized carbons (Fsp3) is 0.414. The highest BCUT2D eigenvalue weighted by Crippen LogP contribution is 2.24. The van der Waals surface area contributed by atoms with E-state index in [-0.39, 0.29) is 18.4 Å². The number of hydrogen-bond acceptors (Lipinski definition) is 5. The van der Waals surface area contributed by atoms with Crippen molar-refractivity contribution in [1.29, 1.82) is 0 Å². The van der Waals surface area contributed by atoms with Gasteiger partial charge in [0.25, 0.3) is 5.91 Å². The summed E-state index contributed by atoms with van der Waals surface area (Å²) in [5, 5.41) is 0.807. The van der Waals surface area contributed by atoms with Gasteiger partial charge in [-0.1, -0.05) is 25.0 Å². The van der Waals surface area contributed by atoms with E-state index < -0.39 is 0 Å². The number of carbonyl (C=O) groups excluding carboxylic acids is 2. The third-order valence-corrected chi connectivity index (χ3v) is 7.12. The number of hydrogen-bond donors (Lipinski definition) is 0. The number of amides is 2. The molecule has 0 saturated carbocycles. The molecule has 2 saturated heterocycles. The summed E-state index contributed by atoms with van der Waals surface area (Å²) in [5.41, 5.74) is 2.19. The zero-order chi connectivity index (χ0) is 24.7. The van der Waals surface area contributed by atoms with Gasteiger partial charge in [-0.15, -0.1) is 0 Å². The van der Waals surface area contributed by atoms with Crippen LogP contribution in [0.2, 0.25) is 0 Å². The van der Waals surface area contributed by atoms with Crippen molar-refractivity contribution in [3.8, 4) is 5.75 Å². The number of anilines is 1. The van der Waals surface area contributed by atoms with E-state index in [1.807, 2.05) is 48.5 Å². The zero-order valence-electron chi connectivity index (χ0n) is 20.8. The molecule has 0 radical (unpaired) electrons. The summed E-state index contributed by atoms with van der Waals surface area (Å²) in [7, 11) is 0. The van der Waals surface area contributed by atoms with Gasteiger partial charge in [0.2, 0.25) is 5.91 Å². The number of aromatic nitrogens is 1. The first-order valence-corrected chi connectivity index (χ1v) is 13.1. The van der Waals surface area contributed by atoms with Crippen molar-refractivity contribution in [2.45, 2.75) is 32.1 Å². The number of rotatable bonds is 7. The Balaban J connectivity index is 1.13. The maximum atomic E-state index is 13.2. The topological polar surface area (TPSA) is 66.0 Å². The van der Waals surface area contributed by atoms with Crippen molar-refractivity contribution in [3.63, 3.8) is 0 Å². The van der Waals surface area contributed by atoms with Crippen LogP contribution in [0.15, 0.2) is 60.8 Å². The molecule has 7 nitrogen and oxygen atoms in total. The van der Waals surface area contributed by atoms with Gasteiger partial charge in [-0.3, -0.25) is 14.6 Å². The Bertz CT molecular complexity index is 1180. The summed E-state index contributed by atoms with van der Waals surface area (Å²) in [5.74, 6) is 0.602. The summed E-state index contributed by atoms with van der Waals surface area (Å²) < 4.78 is 5.94. The van der Waals surface area contributed by atoms with Gasteiger partial charge in [0, 0.05) is 42.5 Å². The minimum Gasteiger partial charge on any atom is -0.494 e. The smallest absolute Gasteiger partial charge is 0.255 e. The Hall–Kier alpha value is -3.45. The maximum Gasteiger partial charge on any atom is 0.255 e. The van der Waals surface area contributed by atoms with Crippen LogP contribution in [0.4, 0.5) is 5.69 Å². The van der Waals surface area contributed by atoms with Crippen LogP contribution in [0.25, 0.3) is 10.9 Å². The quantitative estimate of drug-likeness (QED) is 0.464. The van der Waals surface area contributed by atoms with Crippen LogP contribution < -0.4 is 9.64 Å². The predicted molar refractivity (Wildman–Crippen MR) is 141 cm³/mol. The minimum atomic E-state index is -0.134. The molecule has 0 spiro atoms. The van der Waals surface area contributed by atoms with Crippen molar-refractivity contribution in [1.82, 2.24) is 14.8 Å². The molecule has 2 aromatic carbocycles. The lowest BCUT2D eigenvalue weighted by atomic mass is 10.1. The van der Waals surface area contributed by atoms with E-state index >= 15 is 0 Å². The van der Waals surface area contributed by atoms with Crippen molar-refractivity contribution in [2.75, 3.05) is 50.8 Å². The van der Waals surface area contributed by atoms with Gasteiger partial charge in [0.15, 0.2) is 0 Å². The monoisotopic (exact) mass is 486 g/mol. The van der Waals surface area contributed by atoms with Crippen molar-refractivity contribution in [2.24, 2.45) is 0 Å². The number of benzene rings is 2. The molecule has 0 atom stereocenters. The summed E-state index contributed by atoms with van der Waals surface area (Å²) in [6, 6.07) is 16.9. The highest BCUT2D eigenvalue weighted by Gasteiger charge is 2.29. The van der Waals surface area contributed by atoms with Gasteiger partial charge in [0.05, 0.1) is 12.1 Å². The first-order chi connectivity index (χ1) is 17.7. The minimum absolute atomic E-state index is 0.0598. The molecule has 2 aliphatic heterocycles. The Kier molecular flexibility index (Phi) is 7.76. The molecule has 0 bridgehead atoms. The van der Waals surface area contributed by atoms with E-state index in [0.29, 0.717) is 25.3 Å². The van der Waals surface area contributed by atoms with Gasteiger partial charge in [0.1, 0.15) is 12.3 Å². The second kappa shape index (κ2) is 11.5. The van der Waals surface area contributed by atoms with Gasteiger partial charge in [-0.05, 0) is 74.8 Å². The molecule has 0 unspecified atom stereocenters. The molecule has 3 heterocycles. The number of likely N-dealkylation sites (tertiary alicyclic amines) is 1. The van der Waals surface area contributed by atoms with E-state index in [0.717, 1.165) is 35.3 Å². The molecule has 188 valence electrons. The lowest BCUT2D eigenvalue weighted by Gasteiger charge is -2.34. The van der Waals surface area contributed by atoms with E-state index in [4.69, 9.17) is 4.74 Å². The van der Waals surface area contributed by atoms with Gasteiger partial charge in [-0.25, -0.2) is 0 Å². The molecule has 2 amide bonds. The van der Waals surface area contributed by atoms with Crippen LogP contribution in [-0.4, -0.2) is 72.5 Å². The van der Waals surface area contributed by atoms with E-state index in [1.54, 1.807) is 22.1 Å². The molecular formula is C29H34N4O3. The molecule has 7 heteroatoms. The average molecular weight is 487 g/mol. The molecule has 0 N–H and O–H groups in total. The largest absolute Gasteiger partial charge is 0.494 e. The normalized spacial score (nSPS) is 17.3. The van der Waals surface area contributed by atoms with Crippen LogP contribution in [0.3, 0.4) is 0 Å². The van der Waals surface area contributed by atoms with E-state index in [1.165, 1.54) is 38.8 Å². The predicted octanol–water partition coefficient (Wildman–Crippen LogP) is 4.37. The van der Waals surface area contributed by atoms with Crippen LogP contribution >= 0.6 is 0 Å². The zero-order valence-corrected chi connectivity index (χ0v) is 20.8. The van der Waals surface area contributed by atoms with Gasteiger partial charge < -0.3 is 19.4 Å². The lowest BCUT2D eigenvalue weighted by molar-refractivity contribution is -0.120. The average Bonchev–Trinajstić information content (AvgIpc) is 3.20. The summed E-state index contributed by atoms with van der Waals surface area (Å²) in [6.45, 7) is 5.20. The van der Waals surface area contributed by atoms with Crippen molar-refractivity contribution < 1.29 is 14.3 Å². The standard InChI is InChI=1S/C29H34N4O3/c34-28-22-32(29(35)26-8-5-10-27-25(26)9-6-15-30-27)19-20-33(28)23-11-13-24(14-12-23)36-21-7-18-31-16-3-1-2-4-17-31/h5-6,8-15H,1-4,7,16-22H2. The van der Waals surface area contributed by atoms with Crippen LogP contribution in [0, 0.1) is 0 Å². The number of carbonyl (C=O) groups is 2. The fourth-order valence-corrected chi connectivity index (χ4v) is 5.14. The second-order valence-electron chi connectivity index (χ2n) is 9.60. The highest BCUT2D eigenvalue weighted by molar-refractivity contribution is 6.08. The number of ether oxygens (including phenoxy) is 1. The Labute approximate surface area is 212 Å². The van der Waals surface area contributed by atoms with E-state index in [2.05, 4.69) is 9.88 Å². The SMILES string of the molecule is O=C(c1cccc2ncccc12)N1CCN(c2ccc(OCCCN3CCCCCC3)cc2)C(=O)C1. The number of nitrogens with zero attached hydrogens (tertiary/aromatic N) is 4. The number of fused-ring (bicyclic) bond motifs is 1. The van der Waals surface area contributed by atoms with Crippen molar-refractivity contribution in [3.05, 3.63) is 66.4 Å². The Morgan fingerprint density at radius 1 is 0.889 bits per heavy atom. The summed E-state index contributed by atoms with van der Waals surface area (Å²) >= 11 is 0. The Morgan fingerprint density at radius 3 is 2.47 bits per heavy atom. The molecule has 2 aliphatic rings. The molecule has 1 aromatic heterocycles. The summed E-state index contributed by atoms with van der Waals surface area (Å²) in [6.07, 6.45) is 8.06. The third-order valence-electron chi connectivity index (χ3n) is 7.12. The van der Waals surface area contributed by atoms with Crippen LogP contribution in [-0.2, 0) is 4.79 Å². The molecule has 3 aromatic rings. The molecule has 2 fully saturated rings. The fourth-order valence-electron chi connectivity index (χ4n) is 5.14. The van der Waals surface area contributed by atoms with Gasteiger partial charge in [-0.2, -0.15) is 0 Å². The molecule has 36 heavy (non-hydrogen) atoms. The van der Waals surface area contributed by atoms with E-state index in [9.17, 15) is 9.59 Å². The number of pyridine rings is 1. The van der Waals surface area contributed by atoms with Gasteiger partial charge >= 0.3 is 0 Å². The number of piperazine rings is 1. The third kappa shape index (κ3) is 5.68. The first-order valence-electron chi connectivity index (χ1n) is 13.1. The first kappa shape index (κ1) is 24.3. The summed E-state index contributed by atoms with van der Waals surface area (Å²) in [4.78, 5) is 36.4. The Morgan fingerprint density at radius 2 is 1.69 bits per heavy atom. The lowest BCUT2D eigenvalue weighted by Crippen LogP contribution is -2.52. The highest BCUT2D eigenvalue weighted by atomic mass is 16.5. The second-order valence-corrected chi connectivity index (χ2v) is 9.60. The molecule has 0 aliphatic carbocycles. The molecular weight excluding hydrogens is 452 g/mol. The van der Waals surface area contributed by atoms with Crippen LogP contribution in [0.1, 0.15) is 42.5 Å².